The summed E-state index contributed by atoms with van der Waals surface area (Å²) in [6.45, 7) is 3.32. The summed E-state index contributed by atoms with van der Waals surface area (Å²) >= 11 is 1.03. The van der Waals surface area contributed by atoms with Crippen molar-refractivity contribution < 1.29 is 9.18 Å². The molecule has 0 radical (unpaired) electrons. The van der Waals surface area contributed by atoms with Crippen molar-refractivity contribution in [1.29, 1.82) is 0 Å². The van der Waals surface area contributed by atoms with E-state index in [1.165, 1.54) is 0 Å². The summed E-state index contributed by atoms with van der Waals surface area (Å²) in [7, 11) is 0. The van der Waals surface area contributed by atoms with E-state index in [-0.39, 0.29) is 29.8 Å². The first-order valence-corrected chi connectivity index (χ1v) is 7.61. The molecule has 2 N–H and O–H groups in total. The van der Waals surface area contributed by atoms with Gasteiger partial charge in [-0.05, 0) is 48.1 Å². The van der Waals surface area contributed by atoms with Gasteiger partial charge in [-0.3, -0.25) is 4.79 Å². The lowest BCUT2D eigenvalue weighted by atomic mass is 9.99. The van der Waals surface area contributed by atoms with Crippen LogP contribution in [0.25, 0.3) is 0 Å². The topological polar surface area (TPSA) is 66.9 Å². The number of nitrogens with zero attached hydrogens (tertiary/aromatic N) is 2. The maximum atomic E-state index is 14.5. The van der Waals surface area contributed by atoms with Gasteiger partial charge in [0.2, 0.25) is 0 Å². The molecule has 8 heteroatoms. The van der Waals surface area contributed by atoms with Crippen LogP contribution in [0.1, 0.15) is 33.4 Å². The van der Waals surface area contributed by atoms with Crippen LogP contribution in [0.15, 0.2) is 12.1 Å². The van der Waals surface area contributed by atoms with E-state index < -0.39 is 0 Å². The van der Waals surface area contributed by atoms with E-state index in [2.05, 4.69) is 20.2 Å². The third kappa shape index (κ3) is 3.11. The predicted octanol–water partition coefficient (Wildman–Crippen LogP) is 2.56. The molecule has 118 valence electrons. The Morgan fingerprint density at radius 3 is 3.09 bits per heavy atom. The van der Waals surface area contributed by atoms with Gasteiger partial charge in [0, 0.05) is 6.54 Å². The van der Waals surface area contributed by atoms with Crippen LogP contribution in [-0.2, 0) is 19.4 Å². The minimum absolute atomic E-state index is 0. The van der Waals surface area contributed by atoms with Gasteiger partial charge in [0.25, 0.3) is 5.91 Å². The van der Waals surface area contributed by atoms with Crippen molar-refractivity contribution in [3.63, 3.8) is 0 Å². The highest BCUT2D eigenvalue weighted by Crippen LogP contribution is 2.25. The molecule has 0 saturated carbocycles. The van der Waals surface area contributed by atoms with Crippen LogP contribution in [0.2, 0.25) is 0 Å². The van der Waals surface area contributed by atoms with Crippen LogP contribution in [0, 0.1) is 5.82 Å². The summed E-state index contributed by atoms with van der Waals surface area (Å²) in [5.74, 6) is -0.687. The third-order valence-corrected chi connectivity index (χ3v) is 4.32. The van der Waals surface area contributed by atoms with E-state index in [9.17, 15) is 9.18 Å². The highest BCUT2D eigenvalue weighted by Gasteiger charge is 2.20. The highest BCUT2D eigenvalue weighted by molar-refractivity contribution is 7.08. The number of rotatable bonds is 3. The van der Waals surface area contributed by atoms with Crippen LogP contribution in [0.3, 0.4) is 0 Å². The van der Waals surface area contributed by atoms with E-state index >= 15 is 0 Å². The van der Waals surface area contributed by atoms with Gasteiger partial charge in [-0.2, -0.15) is 0 Å². The average Bonchev–Trinajstić information content (AvgIpc) is 2.99. The Morgan fingerprint density at radius 1 is 1.50 bits per heavy atom. The van der Waals surface area contributed by atoms with Crippen LogP contribution >= 0.6 is 23.9 Å². The molecule has 0 aliphatic carbocycles. The zero-order valence-electron chi connectivity index (χ0n) is 12.0. The maximum absolute atomic E-state index is 14.5. The number of anilines is 1. The van der Waals surface area contributed by atoms with Crippen molar-refractivity contribution >= 4 is 35.5 Å². The molecule has 1 aliphatic rings. The third-order valence-electron chi connectivity index (χ3n) is 3.55. The molecule has 1 aromatic heterocycles. The largest absolute Gasteiger partial charge is 0.319 e. The molecule has 0 unspecified atom stereocenters. The van der Waals surface area contributed by atoms with E-state index in [0.717, 1.165) is 23.6 Å². The molecule has 1 aliphatic heterocycles. The van der Waals surface area contributed by atoms with E-state index in [4.69, 9.17) is 0 Å². The Bertz CT molecular complexity index is 691. The van der Waals surface area contributed by atoms with Crippen molar-refractivity contribution in [2.24, 2.45) is 0 Å². The van der Waals surface area contributed by atoms with Crippen molar-refractivity contribution in [3.05, 3.63) is 39.6 Å². The molecule has 1 aromatic carbocycles. The second-order valence-electron chi connectivity index (χ2n) is 4.85. The fraction of sp³-hybridized carbons (Fsp3) is 0.357. The van der Waals surface area contributed by atoms with Gasteiger partial charge in [-0.1, -0.05) is 17.5 Å². The summed E-state index contributed by atoms with van der Waals surface area (Å²) in [5, 5.41) is 9.73. The zero-order chi connectivity index (χ0) is 14.8. The van der Waals surface area contributed by atoms with Crippen LogP contribution in [0.5, 0.6) is 0 Å². The first kappa shape index (κ1) is 16.8. The second-order valence-corrected chi connectivity index (χ2v) is 5.60. The van der Waals surface area contributed by atoms with Crippen LogP contribution in [-0.4, -0.2) is 22.0 Å². The Morgan fingerprint density at radius 2 is 2.32 bits per heavy atom. The van der Waals surface area contributed by atoms with Crippen LogP contribution in [0.4, 0.5) is 10.1 Å². The lowest BCUT2D eigenvalue weighted by molar-refractivity contribution is 0.102. The maximum Gasteiger partial charge on any atom is 0.269 e. The summed E-state index contributed by atoms with van der Waals surface area (Å²) < 4.78 is 18.2. The van der Waals surface area contributed by atoms with Crippen molar-refractivity contribution in [1.82, 2.24) is 14.9 Å². The molecular formula is C14H16ClFN4OS. The van der Waals surface area contributed by atoms with Gasteiger partial charge in [0.15, 0.2) is 0 Å². The molecule has 1 amide bonds. The number of aryl methyl sites for hydroxylation is 1. The molecule has 0 atom stereocenters. The molecule has 2 aromatic rings. The summed E-state index contributed by atoms with van der Waals surface area (Å²) in [4.78, 5) is 12.7. The number of aromatic nitrogens is 2. The van der Waals surface area contributed by atoms with Gasteiger partial charge in [-0.15, -0.1) is 17.5 Å². The molecular weight excluding hydrogens is 327 g/mol. The van der Waals surface area contributed by atoms with Gasteiger partial charge in [0.1, 0.15) is 10.7 Å². The Balaban J connectivity index is 0.00000176. The molecule has 0 spiro atoms. The molecule has 5 nitrogen and oxygen atoms in total. The lowest BCUT2D eigenvalue weighted by Gasteiger charge is -2.19. The monoisotopic (exact) mass is 342 g/mol. The van der Waals surface area contributed by atoms with E-state index in [1.54, 1.807) is 6.07 Å². The number of amides is 1. The first-order valence-electron chi connectivity index (χ1n) is 6.84. The van der Waals surface area contributed by atoms with Crippen molar-refractivity contribution in [2.75, 3.05) is 11.9 Å². The normalized spacial score (nSPS) is 13.2. The number of carbonyl (C=O) groups is 1. The van der Waals surface area contributed by atoms with Gasteiger partial charge >= 0.3 is 0 Å². The molecule has 0 saturated heterocycles. The zero-order valence-corrected chi connectivity index (χ0v) is 13.6. The number of benzene rings is 1. The number of fused-ring (bicyclic) bond motifs is 1. The minimum Gasteiger partial charge on any atom is -0.319 e. The Labute approximate surface area is 137 Å². The number of nitrogens with one attached hydrogen (secondary N) is 2. The molecule has 3 rings (SSSR count). The fourth-order valence-corrected chi connectivity index (χ4v) is 3.07. The highest BCUT2D eigenvalue weighted by atomic mass is 35.5. The predicted molar refractivity (Wildman–Crippen MR) is 86.3 cm³/mol. The molecule has 22 heavy (non-hydrogen) atoms. The number of hydrogen-bond donors (Lipinski definition) is 2. The second kappa shape index (κ2) is 7.13. The smallest absolute Gasteiger partial charge is 0.269 e. The Hall–Kier alpha value is -1.57. The number of halogens is 2. The SMILES string of the molecule is CCc1nnsc1C(=O)Nc1ccc2c(c1F)CCNC2.Cl. The van der Waals surface area contributed by atoms with E-state index in [1.807, 2.05) is 13.0 Å². The lowest BCUT2D eigenvalue weighted by Crippen LogP contribution is -2.25. The van der Waals surface area contributed by atoms with E-state index in [0.29, 0.717) is 35.5 Å². The van der Waals surface area contributed by atoms with Gasteiger partial charge in [-0.25, -0.2) is 4.39 Å². The van der Waals surface area contributed by atoms with Crippen molar-refractivity contribution in [2.45, 2.75) is 26.3 Å². The fourth-order valence-electron chi connectivity index (χ4n) is 2.42. The molecule has 2 heterocycles. The number of carbonyl (C=O) groups excluding carboxylic acids is 1. The van der Waals surface area contributed by atoms with Gasteiger partial charge in [0.05, 0.1) is 11.4 Å². The summed E-state index contributed by atoms with van der Waals surface area (Å²) in [6, 6.07) is 3.46. The van der Waals surface area contributed by atoms with Gasteiger partial charge < -0.3 is 10.6 Å². The summed E-state index contributed by atoms with van der Waals surface area (Å²) in [5.41, 5.74) is 2.49. The summed E-state index contributed by atoms with van der Waals surface area (Å²) in [6.07, 6.45) is 1.25. The number of hydrogen-bond acceptors (Lipinski definition) is 5. The first-order chi connectivity index (χ1) is 10.2. The quantitative estimate of drug-likeness (QED) is 0.899. The Kier molecular flexibility index (Phi) is 5.44. The standard InChI is InChI=1S/C14H15FN4OS.ClH/c1-2-10-13(21-19-18-10)14(20)17-11-4-3-8-7-16-6-5-9(8)12(11)15;/h3-4,16H,2,5-7H2,1H3,(H,17,20);1H. The molecule has 0 bridgehead atoms. The minimum atomic E-state index is -0.352. The van der Waals surface area contributed by atoms with Crippen molar-refractivity contribution in [3.8, 4) is 0 Å². The molecule has 0 fully saturated rings. The average molecular weight is 343 g/mol. The van der Waals surface area contributed by atoms with Crippen LogP contribution < -0.4 is 10.6 Å².